The van der Waals surface area contributed by atoms with Gasteiger partial charge in [0.15, 0.2) is 0 Å². The third kappa shape index (κ3) is 5.30. The average Bonchev–Trinajstić information content (AvgIpc) is 2.45. The van der Waals surface area contributed by atoms with Gasteiger partial charge in [0.2, 0.25) is 0 Å². The minimum atomic E-state index is -0.967. The van der Waals surface area contributed by atoms with Crippen molar-refractivity contribution in [1.82, 2.24) is 10.6 Å². The topological polar surface area (TPSA) is 78.4 Å². The second kappa shape index (κ2) is 8.19. The first-order valence-corrected chi connectivity index (χ1v) is 6.93. The number of carboxylic acid groups (broad SMARTS) is 1. The molecule has 0 aliphatic rings. The first-order chi connectivity index (χ1) is 9.56. The summed E-state index contributed by atoms with van der Waals surface area (Å²) in [6.45, 7) is 4.44. The first-order valence-electron chi connectivity index (χ1n) is 6.93. The van der Waals surface area contributed by atoms with Gasteiger partial charge in [0.1, 0.15) is 0 Å². The Morgan fingerprint density at radius 3 is 2.65 bits per heavy atom. The maximum atomic E-state index is 11.7. The van der Waals surface area contributed by atoms with Crippen LogP contribution in [0.4, 0.5) is 4.79 Å². The normalized spacial score (nSPS) is 11.7. The molecule has 0 bridgehead atoms. The molecule has 5 heteroatoms. The lowest BCUT2D eigenvalue weighted by Gasteiger charge is -2.16. The Kier molecular flexibility index (Phi) is 6.56. The van der Waals surface area contributed by atoms with E-state index in [1.165, 1.54) is 6.07 Å². The van der Waals surface area contributed by atoms with Gasteiger partial charge in [-0.15, -0.1) is 0 Å². The van der Waals surface area contributed by atoms with Crippen molar-refractivity contribution in [2.45, 2.75) is 45.7 Å². The number of carboxylic acids is 1. The van der Waals surface area contributed by atoms with E-state index >= 15 is 0 Å². The van der Waals surface area contributed by atoms with Crippen LogP contribution < -0.4 is 10.6 Å². The molecule has 1 atom stereocenters. The molecule has 2 amide bonds. The largest absolute Gasteiger partial charge is 0.478 e. The van der Waals surface area contributed by atoms with Crippen molar-refractivity contribution in [3.63, 3.8) is 0 Å². The Labute approximate surface area is 119 Å². The van der Waals surface area contributed by atoms with Crippen molar-refractivity contribution in [2.75, 3.05) is 0 Å². The van der Waals surface area contributed by atoms with Crippen LogP contribution in [0.5, 0.6) is 0 Å². The van der Waals surface area contributed by atoms with E-state index in [9.17, 15) is 9.59 Å². The van der Waals surface area contributed by atoms with E-state index in [1.54, 1.807) is 18.2 Å². The smallest absolute Gasteiger partial charge is 0.335 e. The number of aromatic carboxylic acids is 1. The van der Waals surface area contributed by atoms with Gasteiger partial charge in [-0.2, -0.15) is 0 Å². The molecule has 0 radical (unpaired) electrons. The fourth-order valence-corrected chi connectivity index (χ4v) is 1.96. The Balaban J connectivity index is 2.48. The predicted molar refractivity (Wildman–Crippen MR) is 77.8 cm³/mol. The Morgan fingerprint density at radius 1 is 1.30 bits per heavy atom. The van der Waals surface area contributed by atoms with Gasteiger partial charge in [0.05, 0.1) is 5.56 Å². The number of amides is 2. The molecule has 1 rings (SSSR count). The zero-order chi connectivity index (χ0) is 15.0. The van der Waals surface area contributed by atoms with Crippen molar-refractivity contribution in [2.24, 2.45) is 0 Å². The van der Waals surface area contributed by atoms with Crippen LogP contribution in [0.25, 0.3) is 0 Å². The molecule has 5 nitrogen and oxygen atoms in total. The number of benzene rings is 1. The Bertz CT molecular complexity index is 460. The quantitative estimate of drug-likeness (QED) is 0.717. The number of rotatable bonds is 7. The molecule has 0 heterocycles. The number of carbonyl (C=O) groups excluding carboxylic acids is 1. The minimum Gasteiger partial charge on any atom is -0.478 e. The van der Waals surface area contributed by atoms with Gasteiger partial charge in [-0.1, -0.05) is 32.4 Å². The van der Waals surface area contributed by atoms with Gasteiger partial charge < -0.3 is 15.7 Å². The maximum Gasteiger partial charge on any atom is 0.335 e. The van der Waals surface area contributed by atoms with Crippen LogP contribution in [0.15, 0.2) is 24.3 Å². The summed E-state index contributed by atoms with van der Waals surface area (Å²) >= 11 is 0. The molecule has 0 spiro atoms. The lowest BCUT2D eigenvalue weighted by Crippen LogP contribution is -2.41. The maximum absolute atomic E-state index is 11.7. The van der Waals surface area contributed by atoms with Crippen molar-refractivity contribution in [1.29, 1.82) is 0 Å². The third-order valence-electron chi connectivity index (χ3n) is 3.09. The van der Waals surface area contributed by atoms with E-state index in [0.29, 0.717) is 6.54 Å². The molecule has 0 saturated carbocycles. The molecule has 0 aliphatic heterocycles. The van der Waals surface area contributed by atoms with Crippen LogP contribution >= 0.6 is 0 Å². The SMILES string of the molecule is CCCC(CC)NC(=O)NCc1cccc(C(=O)O)c1. The summed E-state index contributed by atoms with van der Waals surface area (Å²) in [4.78, 5) is 22.6. The zero-order valence-electron chi connectivity index (χ0n) is 12.0. The molecule has 1 aromatic rings. The highest BCUT2D eigenvalue weighted by molar-refractivity contribution is 5.87. The lowest BCUT2D eigenvalue weighted by atomic mass is 10.1. The fourth-order valence-electron chi connectivity index (χ4n) is 1.96. The molecule has 0 fully saturated rings. The highest BCUT2D eigenvalue weighted by Gasteiger charge is 2.09. The Hall–Kier alpha value is -2.04. The minimum absolute atomic E-state index is 0.186. The molecular weight excluding hydrogens is 256 g/mol. The molecule has 110 valence electrons. The second-order valence-electron chi connectivity index (χ2n) is 4.73. The molecule has 0 saturated heterocycles. The first kappa shape index (κ1) is 16.0. The number of urea groups is 1. The molecule has 20 heavy (non-hydrogen) atoms. The van der Waals surface area contributed by atoms with Gasteiger partial charge in [-0.25, -0.2) is 9.59 Å². The monoisotopic (exact) mass is 278 g/mol. The zero-order valence-corrected chi connectivity index (χ0v) is 12.0. The van der Waals surface area contributed by atoms with E-state index in [-0.39, 0.29) is 17.6 Å². The van der Waals surface area contributed by atoms with Crippen LogP contribution in [-0.2, 0) is 6.54 Å². The average molecular weight is 278 g/mol. The van der Waals surface area contributed by atoms with Crippen molar-refractivity contribution >= 4 is 12.0 Å². The van der Waals surface area contributed by atoms with Crippen LogP contribution in [0.3, 0.4) is 0 Å². The van der Waals surface area contributed by atoms with E-state index in [4.69, 9.17) is 5.11 Å². The molecule has 0 aromatic heterocycles. The molecule has 3 N–H and O–H groups in total. The van der Waals surface area contributed by atoms with Crippen LogP contribution in [-0.4, -0.2) is 23.1 Å². The fraction of sp³-hybridized carbons (Fsp3) is 0.467. The van der Waals surface area contributed by atoms with Gasteiger partial charge in [0.25, 0.3) is 0 Å². The standard InChI is InChI=1S/C15H22N2O3/c1-3-6-13(4-2)17-15(20)16-10-11-7-5-8-12(9-11)14(18)19/h5,7-9,13H,3-4,6,10H2,1-2H3,(H,18,19)(H2,16,17,20). The number of hydrogen-bond acceptors (Lipinski definition) is 2. The number of carbonyl (C=O) groups is 2. The van der Waals surface area contributed by atoms with Crippen molar-refractivity contribution in [3.8, 4) is 0 Å². The number of nitrogens with one attached hydrogen (secondary N) is 2. The van der Waals surface area contributed by atoms with E-state index < -0.39 is 5.97 Å². The highest BCUT2D eigenvalue weighted by Crippen LogP contribution is 2.05. The highest BCUT2D eigenvalue weighted by atomic mass is 16.4. The van der Waals surface area contributed by atoms with Crippen molar-refractivity contribution < 1.29 is 14.7 Å². The van der Waals surface area contributed by atoms with Gasteiger partial charge in [-0.05, 0) is 30.5 Å². The molecular formula is C15H22N2O3. The molecule has 0 aliphatic carbocycles. The summed E-state index contributed by atoms with van der Waals surface area (Å²) in [5, 5.41) is 14.6. The summed E-state index contributed by atoms with van der Waals surface area (Å²) in [6.07, 6.45) is 2.88. The van der Waals surface area contributed by atoms with Crippen LogP contribution in [0, 0.1) is 0 Å². The van der Waals surface area contributed by atoms with E-state index in [0.717, 1.165) is 24.8 Å². The van der Waals surface area contributed by atoms with Gasteiger partial charge in [-0.3, -0.25) is 0 Å². The number of hydrogen-bond donors (Lipinski definition) is 3. The summed E-state index contributed by atoms with van der Waals surface area (Å²) < 4.78 is 0. The van der Waals surface area contributed by atoms with Crippen LogP contribution in [0.2, 0.25) is 0 Å². The molecule has 1 aromatic carbocycles. The predicted octanol–water partition coefficient (Wildman–Crippen LogP) is 2.76. The Morgan fingerprint density at radius 2 is 2.05 bits per heavy atom. The molecule has 1 unspecified atom stereocenters. The van der Waals surface area contributed by atoms with E-state index in [1.807, 2.05) is 6.92 Å². The summed E-state index contributed by atoms with van der Waals surface area (Å²) in [5.74, 6) is -0.967. The van der Waals surface area contributed by atoms with Crippen LogP contribution in [0.1, 0.15) is 49.0 Å². The van der Waals surface area contributed by atoms with E-state index in [2.05, 4.69) is 17.6 Å². The summed E-state index contributed by atoms with van der Waals surface area (Å²) in [5.41, 5.74) is 0.991. The summed E-state index contributed by atoms with van der Waals surface area (Å²) in [7, 11) is 0. The van der Waals surface area contributed by atoms with Gasteiger partial charge in [0, 0.05) is 12.6 Å². The second-order valence-corrected chi connectivity index (χ2v) is 4.73. The van der Waals surface area contributed by atoms with Crippen molar-refractivity contribution in [3.05, 3.63) is 35.4 Å². The van der Waals surface area contributed by atoms with Gasteiger partial charge >= 0.3 is 12.0 Å². The summed E-state index contributed by atoms with van der Waals surface area (Å²) in [6, 6.07) is 6.52. The lowest BCUT2D eigenvalue weighted by molar-refractivity contribution is 0.0696. The third-order valence-corrected chi connectivity index (χ3v) is 3.09.